The van der Waals surface area contributed by atoms with Gasteiger partial charge in [0.05, 0.1) is 17.6 Å². The van der Waals surface area contributed by atoms with E-state index in [4.69, 9.17) is 4.74 Å². The first-order valence-corrected chi connectivity index (χ1v) is 4.77. The molecule has 1 aliphatic carbocycles. The summed E-state index contributed by atoms with van der Waals surface area (Å²) in [6, 6.07) is 4.06. The second kappa shape index (κ2) is 3.76. The molecule has 0 aromatic heterocycles. The molecule has 0 amide bonds. The molecule has 1 aromatic carbocycles. The Morgan fingerprint density at radius 3 is 2.87 bits per heavy atom. The van der Waals surface area contributed by atoms with Gasteiger partial charge in [-0.05, 0) is 30.9 Å². The van der Waals surface area contributed by atoms with Gasteiger partial charge in [0.25, 0.3) is 0 Å². The van der Waals surface area contributed by atoms with Crippen LogP contribution in [-0.4, -0.2) is 16.6 Å². The van der Waals surface area contributed by atoms with Crippen molar-refractivity contribution in [1.29, 1.82) is 0 Å². The number of nitrogens with zero attached hydrogens (tertiary/aromatic N) is 1. The molecule has 1 aliphatic rings. The zero-order valence-electron chi connectivity index (χ0n) is 8.05. The monoisotopic (exact) mass is 209 g/mol. The number of benzene rings is 1. The van der Waals surface area contributed by atoms with Gasteiger partial charge in [-0.3, -0.25) is 10.1 Å². The van der Waals surface area contributed by atoms with Crippen molar-refractivity contribution in [2.75, 3.05) is 6.61 Å². The number of phenols is 1. The van der Waals surface area contributed by atoms with E-state index in [1.807, 2.05) is 0 Å². The molecule has 5 nitrogen and oxygen atoms in total. The Morgan fingerprint density at radius 1 is 1.53 bits per heavy atom. The number of rotatable bonds is 4. The van der Waals surface area contributed by atoms with Crippen molar-refractivity contribution in [3.63, 3.8) is 0 Å². The predicted molar refractivity (Wildman–Crippen MR) is 53.0 cm³/mol. The molecule has 2 rings (SSSR count). The minimum Gasteiger partial charge on any atom is -0.502 e. The summed E-state index contributed by atoms with van der Waals surface area (Å²) in [5, 5.41) is 19.7. The molecule has 0 heterocycles. The van der Waals surface area contributed by atoms with Gasteiger partial charge in [-0.25, -0.2) is 0 Å². The number of nitro groups is 1. The average Bonchev–Trinajstić information content (AvgIpc) is 3.00. The lowest BCUT2D eigenvalue weighted by atomic mass is 10.3. The van der Waals surface area contributed by atoms with Crippen LogP contribution in [0.1, 0.15) is 12.8 Å². The second-order valence-corrected chi connectivity index (χ2v) is 3.66. The quantitative estimate of drug-likeness (QED) is 0.608. The highest BCUT2D eigenvalue weighted by atomic mass is 16.6. The molecule has 5 heteroatoms. The number of hydrogen-bond acceptors (Lipinski definition) is 4. The third-order valence-electron chi connectivity index (χ3n) is 2.33. The normalized spacial score (nSPS) is 14.9. The maximum absolute atomic E-state index is 10.5. The van der Waals surface area contributed by atoms with Crippen molar-refractivity contribution in [2.24, 2.45) is 5.92 Å². The van der Waals surface area contributed by atoms with E-state index in [1.54, 1.807) is 0 Å². The Hall–Kier alpha value is -1.78. The molecular formula is C10H11NO4. The van der Waals surface area contributed by atoms with Crippen LogP contribution in [-0.2, 0) is 0 Å². The molecule has 0 unspecified atom stereocenters. The van der Waals surface area contributed by atoms with E-state index in [1.165, 1.54) is 31.0 Å². The number of hydrogen-bond donors (Lipinski definition) is 1. The van der Waals surface area contributed by atoms with Gasteiger partial charge in [0.2, 0.25) is 0 Å². The Bertz CT molecular complexity index is 387. The van der Waals surface area contributed by atoms with Crippen LogP contribution in [0.25, 0.3) is 0 Å². The summed E-state index contributed by atoms with van der Waals surface area (Å²) < 4.78 is 5.36. The zero-order valence-corrected chi connectivity index (χ0v) is 8.05. The fourth-order valence-corrected chi connectivity index (χ4v) is 1.24. The van der Waals surface area contributed by atoms with E-state index >= 15 is 0 Å². The van der Waals surface area contributed by atoms with Crippen molar-refractivity contribution in [1.82, 2.24) is 0 Å². The molecule has 1 saturated carbocycles. The Labute approximate surface area is 86.4 Å². The highest BCUT2D eigenvalue weighted by Gasteiger charge is 2.22. The van der Waals surface area contributed by atoms with Crippen LogP contribution >= 0.6 is 0 Å². The summed E-state index contributed by atoms with van der Waals surface area (Å²) in [7, 11) is 0. The third kappa shape index (κ3) is 2.37. The van der Waals surface area contributed by atoms with Crippen LogP contribution in [0.5, 0.6) is 11.5 Å². The summed E-state index contributed by atoms with van der Waals surface area (Å²) in [4.78, 5) is 9.89. The summed E-state index contributed by atoms with van der Waals surface area (Å²) in [6.07, 6.45) is 2.33. The summed E-state index contributed by atoms with van der Waals surface area (Å²) in [5.74, 6) is 0.697. The topological polar surface area (TPSA) is 72.6 Å². The van der Waals surface area contributed by atoms with Crippen LogP contribution in [0.3, 0.4) is 0 Å². The van der Waals surface area contributed by atoms with Gasteiger partial charge in [-0.1, -0.05) is 0 Å². The maximum Gasteiger partial charge on any atom is 0.314 e. The van der Waals surface area contributed by atoms with Gasteiger partial charge in [-0.15, -0.1) is 0 Å². The van der Waals surface area contributed by atoms with Crippen molar-refractivity contribution >= 4 is 5.69 Å². The molecule has 1 aromatic rings. The Kier molecular flexibility index (Phi) is 2.45. The van der Waals surface area contributed by atoms with Crippen LogP contribution in [0, 0.1) is 16.0 Å². The third-order valence-corrected chi connectivity index (χ3v) is 2.33. The summed E-state index contributed by atoms with van der Waals surface area (Å²) >= 11 is 0. The van der Waals surface area contributed by atoms with Crippen LogP contribution in [0.15, 0.2) is 18.2 Å². The van der Waals surface area contributed by atoms with Crippen molar-refractivity contribution in [3.8, 4) is 11.5 Å². The standard InChI is InChI=1S/C10H11NO4/c12-10-4-3-8(5-9(10)11(13)14)15-6-7-1-2-7/h3-5,7,12H,1-2,6H2. The number of nitro benzene ring substituents is 1. The molecule has 0 saturated heterocycles. The van der Waals surface area contributed by atoms with Gasteiger partial charge in [0.15, 0.2) is 5.75 Å². The molecule has 0 atom stereocenters. The Balaban J connectivity index is 2.10. The van der Waals surface area contributed by atoms with Crippen LogP contribution < -0.4 is 4.74 Å². The van der Waals surface area contributed by atoms with Crippen molar-refractivity contribution in [3.05, 3.63) is 28.3 Å². The molecule has 15 heavy (non-hydrogen) atoms. The first-order chi connectivity index (χ1) is 7.16. The maximum atomic E-state index is 10.5. The van der Waals surface area contributed by atoms with Crippen molar-refractivity contribution < 1.29 is 14.8 Å². The highest BCUT2D eigenvalue weighted by Crippen LogP contribution is 2.32. The predicted octanol–water partition coefficient (Wildman–Crippen LogP) is 2.09. The first-order valence-electron chi connectivity index (χ1n) is 4.77. The van der Waals surface area contributed by atoms with Crippen LogP contribution in [0.4, 0.5) is 5.69 Å². The lowest BCUT2D eigenvalue weighted by Crippen LogP contribution is -1.99. The average molecular weight is 209 g/mol. The lowest BCUT2D eigenvalue weighted by molar-refractivity contribution is -0.385. The van der Waals surface area contributed by atoms with E-state index in [2.05, 4.69) is 0 Å². The first kappa shape index (κ1) is 9.76. The van der Waals surface area contributed by atoms with E-state index in [9.17, 15) is 15.2 Å². The Morgan fingerprint density at radius 2 is 2.27 bits per heavy atom. The van der Waals surface area contributed by atoms with Gasteiger partial charge < -0.3 is 9.84 Å². The number of aromatic hydroxyl groups is 1. The van der Waals surface area contributed by atoms with Gasteiger partial charge >= 0.3 is 5.69 Å². The molecule has 1 N–H and O–H groups in total. The van der Waals surface area contributed by atoms with Gasteiger partial charge in [0, 0.05) is 0 Å². The second-order valence-electron chi connectivity index (χ2n) is 3.66. The molecule has 0 bridgehead atoms. The summed E-state index contributed by atoms with van der Waals surface area (Å²) in [6.45, 7) is 0.599. The van der Waals surface area contributed by atoms with Crippen LogP contribution in [0.2, 0.25) is 0 Å². The SMILES string of the molecule is O=[N+]([O-])c1cc(OCC2CC2)ccc1O. The molecular weight excluding hydrogens is 198 g/mol. The van der Waals surface area contributed by atoms with E-state index < -0.39 is 4.92 Å². The fourth-order valence-electron chi connectivity index (χ4n) is 1.24. The van der Waals surface area contributed by atoms with E-state index in [-0.39, 0.29) is 11.4 Å². The van der Waals surface area contributed by atoms with Gasteiger partial charge in [-0.2, -0.15) is 0 Å². The lowest BCUT2D eigenvalue weighted by Gasteiger charge is -2.04. The number of phenolic OH excluding ortho intramolecular Hbond substituents is 1. The molecule has 0 spiro atoms. The summed E-state index contributed by atoms with van der Waals surface area (Å²) in [5.41, 5.74) is -0.316. The smallest absolute Gasteiger partial charge is 0.314 e. The zero-order chi connectivity index (χ0) is 10.8. The minimum atomic E-state index is -0.626. The minimum absolute atomic E-state index is 0.316. The largest absolute Gasteiger partial charge is 0.502 e. The number of ether oxygens (including phenoxy) is 1. The van der Waals surface area contributed by atoms with Crippen molar-refractivity contribution in [2.45, 2.75) is 12.8 Å². The molecule has 0 aliphatic heterocycles. The van der Waals surface area contributed by atoms with Gasteiger partial charge in [0.1, 0.15) is 5.75 Å². The molecule has 80 valence electrons. The fraction of sp³-hybridized carbons (Fsp3) is 0.400. The molecule has 1 fully saturated rings. The van der Waals surface area contributed by atoms with E-state index in [0.29, 0.717) is 18.3 Å². The highest BCUT2D eigenvalue weighted by molar-refractivity contribution is 5.49. The van der Waals surface area contributed by atoms with E-state index in [0.717, 1.165) is 0 Å². The molecule has 0 radical (unpaired) electrons.